The second-order valence-corrected chi connectivity index (χ2v) is 4.54. The summed E-state index contributed by atoms with van der Waals surface area (Å²) < 4.78 is 0. The van der Waals surface area contributed by atoms with E-state index < -0.39 is 5.91 Å². The highest BCUT2D eigenvalue weighted by Gasteiger charge is 2.23. The van der Waals surface area contributed by atoms with Gasteiger partial charge in [-0.2, -0.15) is 5.26 Å². The topological polar surface area (TPSA) is 52.9 Å². The van der Waals surface area contributed by atoms with Gasteiger partial charge in [0.05, 0.1) is 0 Å². The van der Waals surface area contributed by atoms with E-state index in [-0.39, 0.29) is 6.04 Å². The Labute approximate surface area is 101 Å². The van der Waals surface area contributed by atoms with Crippen LogP contribution in [0.5, 0.6) is 0 Å². The Hall–Kier alpha value is -1.82. The number of benzene rings is 1. The molecule has 1 aromatic carbocycles. The van der Waals surface area contributed by atoms with Gasteiger partial charge in [-0.15, -0.1) is 0 Å². The fourth-order valence-corrected chi connectivity index (χ4v) is 2.51. The van der Waals surface area contributed by atoms with Crippen LogP contribution in [0.2, 0.25) is 0 Å². The molecule has 1 aromatic rings. The average molecular weight is 228 g/mol. The molecule has 17 heavy (non-hydrogen) atoms. The molecule has 1 fully saturated rings. The van der Waals surface area contributed by atoms with Crippen LogP contribution in [0, 0.1) is 11.3 Å². The van der Waals surface area contributed by atoms with Gasteiger partial charge in [0, 0.05) is 6.04 Å². The normalized spacial score (nSPS) is 23.7. The SMILES string of the molecule is N#CC(=O)NC1CCC(c2ccccc2)CC1. The molecule has 1 amide bonds. The van der Waals surface area contributed by atoms with Crippen LogP contribution in [0.4, 0.5) is 0 Å². The standard InChI is InChI=1S/C14H16N2O/c15-10-14(17)16-13-8-6-12(7-9-13)11-4-2-1-3-5-11/h1-5,12-13H,6-9H2,(H,16,17). The third kappa shape index (κ3) is 3.07. The highest BCUT2D eigenvalue weighted by atomic mass is 16.1. The minimum Gasteiger partial charge on any atom is -0.341 e. The molecule has 0 heterocycles. The molecule has 0 spiro atoms. The van der Waals surface area contributed by atoms with Gasteiger partial charge in [-0.1, -0.05) is 30.3 Å². The fraction of sp³-hybridized carbons (Fsp3) is 0.429. The fourth-order valence-electron chi connectivity index (χ4n) is 2.51. The number of nitrogens with zero attached hydrogens (tertiary/aromatic N) is 1. The van der Waals surface area contributed by atoms with Crippen molar-refractivity contribution in [3.8, 4) is 6.07 Å². The monoisotopic (exact) mass is 228 g/mol. The van der Waals surface area contributed by atoms with E-state index in [1.165, 1.54) is 5.56 Å². The second kappa shape index (κ2) is 5.49. The molecule has 0 atom stereocenters. The summed E-state index contributed by atoms with van der Waals surface area (Å²) in [7, 11) is 0. The number of nitriles is 1. The summed E-state index contributed by atoms with van der Waals surface area (Å²) in [5.74, 6) is 0.0969. The van der Waals surface area contributed by atoms with Gasteiger partial charge in [-0.05, 0) is 37.2 Å². The Morgan fingerprint density at radius 2 is 1.82 bits per heavy atom. The molecule has 3 heteroatoms. The van der Waals surface area contributed by atoms with Gasteiger partial charge >= 0.3 is 5.91 Å². The lowest BCUT2D eigenvalue weighted by molar-refractivity contribution is -0.116. The molecule has 88 valence electrons. The maximum absolute atomic E-state index is 11.0. The third-order valence-corrected chi connectivity index (χ3v) is 3.43. The summed E-state index contributed by atoms with van der Waals surface area (Å²) in [5, 5.41) is 11.2. The number of amides is 1. The van der Waals surface area contributed by atoms with Gasteiger partial charge < -0.3 is 5.32 Å². The first kappa shape index (κ1) is 11.7. The van der Waals surface area contributed by atoms with Crippen LogP contribution in [0.3, 0.4) is 0 Å². The average Bonchev–Trinajstić information content (AvgIpc) is 2.40. The highest BCUT2D eigenvalue weighted by molar-refractivity contribution is 5.91. The zero-order valence-electron chi connectivity index (χ0n) is 9.73. The van der Waals surface area contributed by atoms with Crippen molar-refractivity contribution in [2.45, 2.75) is 37.6 Å². The summed E-state index contributed by atoms with van der Waals surface area (Å²) in [6.45, 7) is 0. The van der Waals surface area contributed by atoms with Crippen LogP contribution >= 0.6 is 0 Å². The van der Waals surface area contributed by atoms with E-state index in [0.29, 0.717) is 5.92 Å². The number of nitrogens with one attached hydrogen (secondary N) is 1. The molecule has 0 saturated heterocycles. The molecule has 0 aromatic heterocycles. The molecular formula is C14H16N2O. The lowest BCUT2D eigenvalue weighted by Gasteiger charge is -2.28. The molecule has 1 aliphatic carbocycles. The zero-order valence-corrected chi connectivity index (χ0v) is 9.73. The smallest absolute Gasteiger partial charge is 0.322 e. The maximum atomic E-state index is 11.0. The maximum Gasteiger partial charge on any atom is 0.322 e. The zero-order chi connectivity index (χ0) is 12.1. The number of hydrogen-bond acceptors (Lipinski definition) is 2. The lowest BCUT2D eigenvalue weighted by atomic mass is 9.82. The summed E-state index contributed by atoms with van der Waals surface area (Å²) in [6.07, 6.45) is 4.10. The van der Waals surface area contributed by atoms with Crippen molar-refractivity contribution in [2.75, 3.05) is 0 Å². The van der Waals surface area contributed by atoms with Crippen molar-refractivity contribution >= 4 is 5.91 Å². The molecule has 0 radical (unpaired) electrons. The first-order valence-electron chi connectivity index (χ1n) is 6.05. The summed E-state index contributed by atoms with van der Waals surface area (Å²) in [6, 6.07) is 12.3. The molecule has 2 rings (SSSR count). The molecule has 1 N–H and O–H groups in total. The Morgan fingerprint density at radius 3 is 2.41 bits per heavy atom. The first-order valence-corrected chi connectivity index (χ1v) is 6.05. The summed E-state index contributed by atoms with van der Waals surface area (Å²) >= 11 is 0. The Bertz CT molecular complexity index is 414. The molecule has 0 bridgehead atoms. The van der Waals surface area contributed by atoms with E-state index >= 15 is 0 Å². The Balaban J connectivity index is 1.87. The van der Waals surface area contributed by atoms with Crippen molar-refractivity contribution in [3.05, 3.63) is 35.9 Å². The van der Waals surface area contributed by atoms with E-state index in [1.54, 1.807) is 6.07 Å². The van der Waals surface area contributed by atoms with Crippen LogP contribution < -0.4 is 5.32 Å². The van der Waals surface area contributed by atoms with Crippen molar-refractivity contribution in [1.29, 1.82) is 5.26 Å². The van der Waals surface area contributed by atoms with Crippen molar-refractivity contribution in [2.24, 2.45) is 0 Å². The van der Waals surface area contributed by atoms with Crippen LogP contribution in [-0.2, 0) is 4.79 Å². The lowest BCUT2D eigenvalue weighted by Crippen LogP contribution is -2.36. The van der Waals surface area contributed by atoms with Crippen molar-refractivity contribution in [3.63, 3.8) is 0 Å². The second-order valence-electron chi connectivity index (χ2n) is 4.54. The van der Waals surface area contributed by atoms with Gasteiger partial charge in [0.15, 0.2) is 6.07 Å². The van der Waals surface area contributed by atoms with Crippen LogP contribution in [0.15, 0.2) is 30.3 Å². The Morgan fingerprint density at radius 1 is 1.18 bits per heavy atom. The van der Waals surface area contributed by atoms with Crippen LogP contribution in [0.1, 0.15) is 37.2 Å². The first-order chi connectivity index (χ1) is 8.29. The predicted octanol–water partition coefficient (Wildman–Crippen LogP) is 2.35. The van der Waals surface area contributed by atoms with Gasteiger partial charge in [-0.25, -0.2) is 0 Å². The molecule has 1 aliphatic rings. The van der Waals surface area contributed by atoms with E-state index in [2.05, 4.69) is 29.6 Å². The van der Waals surface area contributed by atoms with Crippen LogP contribution in [-0.4, -0.2) is 11.9 Å². The van der Waals surface area contributed by atoms with Crippen molar-refractivity contribution < 1.29 is 4.79 Å². The largest absolute Gasteiger partial charge is 0.341 e. The molecule has 1 saturated carbocycles. The third-order valence-electron chi connectivity index (χ3n) is 3.43. The minimum atomic E-state index is -0.506. The van der Waals surface area contributed by atoms with Gasteiger partial charge in [-0.3, -0.25) is 4.79 Å². The molecular weight excluding hydrogens is 212 g/mol. The number of rotatable bonds is 2. The molecule has 3 nitrogen and oxygen atoms in total. The van der Waals surface area contributed by atoms with Gasteiger partial charge in [0.2, 0.25) is 0 Å². The van der Waals surface area contributed by atoms with Gasteiger partial charge in [0.25, 0.3) is 0 Å². The Kier molecular flexibility index (Phi) is 3.77. The van der Waals surface area contributed by atoms with Crippen LogP contribution in [0.25, 0.3) is 0 Å². The predicted molar refractivity (Wildman–Crippen MR) is 65.2 cm³/mol. The number of carbonyl (C=O) groups excluding carboxylic acids is 1. The number of hydrogen-bond donors (Lipinski definition) is 1. The minimum absolute atomic E-state index is 0.183. The quantitative estimate of drug-likeness (QED) is 0.790. The van der Waals surface area contributed by atoms with Crippen molar-refractivity contribution in [1.82, 2.24) is 5.32 Å². The van der Waals surface area contributed by atoms with E-state index in [1.807, 2.05) is 6.07 Å². The van der Waals surface area contributed by atoms with Gasteiger partial charge in [0.1, 0.15) is 0 Å². The summed E-state index contributed by atoms with van der Waals surface area (Å²) in [5.41, 5.74) is 1.39. The highest BCUT2D eigenvalue weighted by Crippen LogP contribution is 2.32. The number of carbonyl (C=O) groups is 1. The molecule has 0 unspecified atom stereocenters. The molecule has 0 aliphatic heterocycles. The van der Waals surface area contributed by atoms with E-state index in [4.69, 9.17) is 5.26 Å². The van der Waals surface area contributed by atoms with E-state index in [0.717, 1.165) is 25.7 Å². The van der Waals surface area contributed by atoms with E-state index in [9.17, 15) is 4.79 Å². The summed E-state index contributed by atoms with van der Waals surface area (Å²) in [4.78, 5) is 11.0.